The van der Waals surface area contributed by atoms with Crippen LogP contribution in [0.15, 0.2) is 48.6 Å². The van der Waals surface area contributed by atoms with E-state index in [0.717, 1.165) is 64.2 Å². The Morgan fingerprint density at radius 1 is 0.348 bits per heavy atom. The topological polar surface area (TPSA) is 108 Å². The molecule has 0 saturated heterocycles. The first-order valence-electron chi connectivity index (χ1n) is 38.8. The van der Waals surface area contributed by atoms with Crippen molar-refractivity contribution >= 4 is 17.9 Å². The molecule has 0 aliphatic rings. The molecule has 2 unspecified atom stereocenters. The third kappa shape index (κ3) is 72.5. The molecular weight excluding hydrogens is 1100 g/mol. The summed E-state index contributed by atoms with van der Waals surface area (Å²) in [5.74, 6) is -1.98. The zero-order valence-electron chi connectivity index (χ0n) is 59.9. The van der Waals surface area contributed by atoms with Gasteiger partial charge in [-0.15, -0.1) is 0 Å². The average molecular weight is 1250 g/mol. The Labute approximate surface area is 553 Å². The second-order valence-corrected chi connectivity index (χ2v) is 27.7. The predicted octanol–water partition coefficient (Wildman–Crippen LogP) is 24.5. The highest BCUT2D eigenvalue weighted by Gasteiger charge is 2.25. The highest BCUT2D eigenvalue weighted by atomic mass is 16.7. The van der Waals surface area contributed by atoms with Crippen molar-refractivity contribution in [3.8, 4) is 0 Å². The Kier molecular flexibility index (Phi) is 68.9. The Morgan fingerprint density at radius 3 is 0.955 bits per heavy atom. The molecule has 0 heterocycles. The monoisotopic (exact) mass is 1250 g/mol. The summed E-state index contributed by atoms with van der Waals surface area (Å²) < 4.78 is 23.0. The van der Waals surface area contributed by atoms with E-state index in [9.17, 15) is 19.5 Å². The molecule has 0 fully saturated rings. The number of nitrogens with zero attached hydrogens (tertiary/aromatic N) is 1. The van der Waals surface area contributed by atoms with Crippen molar-refractivity contribution in [2.24, 2.45) is 0 Å². The molecule has 9 heteroatoms. The number of carboxylic acid groups (broad SMARTS) is 1. The molecule has 0 aliphatic carbocycles. The van der Waals surface area contributed by atoms with Gasteiger partial charge in [0, 0.05) is 12.8 Å². The van der Waals surface area contributed by atoms with E-state index >= 15 is 0 Å². The summed E-state index contributed by atoms with van der Waals surface area (Å²) in [6, 6.07) is 0. The summed E-state index contributed by atoms with van der Waals surface area (Å²) in [7, 11) is 5.99. The normalized spacial score (nSPS) is 12.9. The number of hydrogen-bond acceptors (Lipinski definition) is 7. The van der Waals surface area contributed by atoms with Crippen LogP contribution in [-0.2, 0) is 33.3 Å². The highest BCUT2D eigenvalue weighted by molar-refractivity contribution is 5.71. The van der Waals surface area contributed by atoms with Gasteiger partial charge in [0.1, 0.15) is 13.2 Å². The number of unbranched alkanes of at least 4 members (excludes halogenated alkanes) is 50. The van der Waals surface area contributed by atoms with Crippen LogP contribution in [0.1, 0.15) is 386 Å². The minimum absolute atomic E-state index is 0.179. The summed E-state index contributed by atoms with van der Waals surface area (Å²) >= 11 is 0. The lowest BCUT2D eigenvalue weighted by molar-refractivity contribution is -0.870. The molecule has 0 aliphatic heterocycles. The molecule has 9 nitrogen and oxygen atoms in total. The zero-order valence-corrected chi connectivity index (χ0v) is 59.9. The quantitative estimate of drug-likeness (QED) is 0.0211. The van der Waals surface area contributed by atoms with Gasteiger partial charge in [0.25, 0.3) is 6.29 Å². The molecule has 0 aromatic heterocycles. The van der Waals surface area contributed by atoms with Crippen LogP contribution >= 0.6 is 0 Å². The molecule has 0 aromatic rings. The van der Waals surface area contributed by atoms with Gasteiger partial charge in [-0.2, -0.15) is 0 Å². The number of ether oxygens (including phenoxy) is 4. The molecule has 89 heavy (non-hydrogen) atoms. The maximum atomic E-state index is 13.0. The fraction of sp³-hybridized carbons (Fsp3) is 0.863. The van der Waals surface area contributed by atoms with Crippen molar-refractivity contribution in [3.05, 3.63) is 48.6 Å². The summed E-state index contributed by atoms with van der Waals surface area (Å²) in [6.07, 6.45) is 89.9. The van der Waals surface area contributed by atoms with Gasteiger partial charge >= 0.3 is 17.9 Å². The number of carbonyl (C=O) groups excluding carboxylic acids is 2. The molecule has 0 spiro atoms. The predicted molar refractivity (Wildman–Crippen MR) is 383 cm³/mol. The van der Waals surface area contributed by atoms with Gasteiger partial charge < -0.3 is 28.5 Å². The smallest absolute Gasteiger partial charge is 0.361 e. The minimum atomic E-state index is -1.51. The SMILES string of the molecule is CC/C=C\C/C=C\C/C=C\C/C=C\CCCCCCCCCCCCCCC(=O)OC(COC(=O)CCCCCCCCCCCCCCCCCCCCCCCCCCCCCCCCCCCCCCCCC)COC(OCC[N+](C)(C)C)C(=O)O. The van der Waals surface area contributed by atoms with Crippen molar-refractivity contribution in [1.29, 1.82) is 0 Å². The number of hydrogen-bond donors (Lipinski definition) is 1. The second-order valence-electron chi connectivity index (χ2n) is 27.7. The zero-order chi connectivity index (χ0) is 64.7. The number of likely N-dealkylation sites (N-methyl/N-ethyl adjacent to an activating group) is 1. The van der Waals surface area contributed by atoms with Crippen LogP contribution in [0.2, 0.25) is 0 Å². The first-order chi connectivity index (χ1) is 43.6. The molecule has 522 valence electrons. The lowest BCUT2D eigenvalue weighted by Crippen LogP contribution is -2.40. The van der Waals surface area contributed by atoms with Gasteiger partial charge in [0.05, 0.1) is 34.4 Å². The number of esters is 2. The van der Waals surface area contributed by atoms with Gasteiger partial charge in [-0.25, -0.2) is 4.79 Å². The first kappa shape index (κ1) is 86.2. The molecule has 0 bridgehead atoms. The third-order valence-electron chi connectivity index (χ3n) is 17.6. The maximum Gasteiger partial charge on any atom is 0.361 e. The van der Waals surface area contributed by atoms with Crippen molar-refractivity contribution < 1.29 is 42.9 Å². The lowest BCUT2D eigenvalue weighted by atomic mass is 10.0. The van der Waals surface area contributed by atoms with E-state index in [-0.39, 0.29) is 32.2 Å². The van der Waals surface area contributed by atoms with Crippen molar-refractivity contribution in [2.75, 3.05) is 47.5 Å². The molecule has 2 atom stereocenters. The van der Waals surface area contributed by atoms with Gasteiger partial charge in [-0.1, -0.05) is 371 Å². The van der Waals surface area contributed by atoms with Gasteiger partial charge in [-0.05, 0) is 51.4 Å². The Balaban J connectivity index is 3.94. The fourth-order valence-corrected chi connectivity index (χ4v) is 11.7. The molecule has 0 rings (SSSR count). The first-order valence-corrected chi connectivity index (χ1v) is 38.8. The molecule has 1 N–H and O–H groups in total. The summed E-state index contributed by atoms with van der Waals surface area (Å²) in [5, 5.41) is 9.76. The largest absolute Gasteiger partial charge is 0.477 e. The number of carboxylic acids is 1. The van der Waals surface area contributed by atoms with Crippen molar-refractivity contribution in [3.63, 3.8) is 0 Å². The Bertz CT molecular complexity index is 1600. The highest BCUT2D eigenvalue weighted by Crippen LogP contribution is 2.20. The van der Waals surface area contributed by atoms with Gasteiger partial charge in [-0.3, -0.25) is 9.59 Å². The van der Waals surface area contributed by atoms with Gasteiger partial charge in [0.15, 0.2) is 6.10 Å². The number of carbonyl (C=O) groups is 3. The number of quaternary nitrogens is 1. The van der Waals surface area contributed by atoms with Crippen LogP contribution in [0.25, 0.3) is 0 Å². The van der Waals surface area contributed by atoms with Crippen LogP contribution in [0.5, 0.6) is 0 Å². The molecular formula is C80H150NO8+. The van der Waals surface area contributed by atoms with Crippen molar-refractivity contribution in [2.45, 2.75) is 399 Å². The lowest BCUT2D eigenvalue weighted by Gasteiger charge is -2.25. The van der Waals surface area contributed by atoms with E-state index in [1.54, 1.807) is 0 Å². The van der Waals surface area contributed by atoms with Crippen LogP contribution in [-0.4, -0.2) is 87.4 Å². The van der Waals surface area contributed by atoms with E-state index < -0.39 is 24.3 Å². The molecule has 0 aromatic carbocycles. The van der Waals surface area contributed by atoms with Crippen molar-refractivity contribution in [1.82, 2.24) is 0 Å². The second kappa shape index (κ2) is 71.1. The number of allylic oxidation sites excluding steroid dienone is 8. The molecule has 0 radical (unpaired) electrons. The van der Waals surface area contributed by atoms with E-state index in [1.165, 1.54) is 295 Å². The van der Waals surface area contributed by atoms with Crippen LogP contribution in [0.3, 0.4) is 0 Å². The van der Waals surface area contributed by atoms with Gasteiger partial charge in [0.2, 0.25) is 0 Å². The Hall–Kier alpha value is -2.75. The van der Waals surface area contributed by atoms with E-state index in [0.29, 0.717) is 17.4 Å². The summed E-state index contributed by atoms with van der Waals surface area (Å²) in [6.45, 7) is 4.83. The third-order valence-corrected chi connectivity index (χ3v) is 17.6. The summed E-state index contributed by atoms with van der Waals surface area (Å²) in [5.41, 5.74) is 0. The van der Waals surface area contributed by atoms with E-state index in [4.69, 9.17) is 18.9 Å². The van der Waals surface area contributed by atoms with Crippen LogP contribution in [0, 0.1) is 0 Å². The maximum absolute atomic E-state index is 13.0. The minimum Gasteiger partial charge on any atom is -0.477 e. The molecule has 0 amide bonds. The summed E-state index contributed by atoms with van der Waals surface area (Å²) in [4.78, 5) is 37.7. The number of aliphatic carboxylic acids is 1. The average Bonchev–Trinajstić information content (AvgIpc) is 3.64. The van der Waals surface area contributed by atoms with Crippen LogP contribution < -0.4 is 0 Å². The Morgan fingerprint density at radius 2 is 0.640 bits per heavy atom. The fourth-order valence-electron chi connectivity index (χ4n) is 11.7. The number of rotatable bonds is 73. The molecule has 0 saturated carbocycles. The van der Waals surface area contributed by atoms with E-state index in [1.807, 2.05) is 21.1 Å². The standard InChI is InChI=1S/C80H149NO8/c1-6-8-10-12-14-16-18-20-22-24-26-28-30-32-33-34-35-36-37-38-39-40-41-42-43-44-45-47-48-50-52-54-56-58-60-62-64-66-68-70-77(82)87-74-76(75-88-80(79(84)85)86-73-72-81(3,4)5)89-78(83)71-69-67-65-63-61-59-57-55-53-51-49-46-31-29-27-25-23-21-19-17-15-13-11-9-7-2/h9,11,15,17,21,23,27,29,76,80H,6-8,10,12-14,16,18-20,22,24-26,28,30-75H2,1-5H3/p+1/b11-9-,17-15-,23-21-,29-27-. The van der Waals surface area contributed by atoms with Crippen LogP contribution in [0.4, 0.5) is 0 Å². The van der Waals surface area contributed by atoms with E-state index in [2.05, 4.69) is 62.5 Å².